The number of amides is 1. The number of carbonyl (C=O) groups is 1. The first kappa shape index (κ1) is 16.2. The Bertz CT molecular complexity index is 464. The zero-order valence-corrected chi connectivity index (χ0v) is 13.8. The quantitative estimate of drug-likeness (QED) is 0.908. The first-order valence-electron chi connectivity index (χ1n) is 7.36. The van der Waals surface area contributed by atoms with E-state index < -0.39 is 0 Å². The normalized spacial score (nSPS) is 20.1. The van der Waals surface area contributed by atoms with Crippen molar-refractivity contribution in [2.45, 2.75) is 20.0 Å². The molecule has 1 heterocycles. The minimum atomic E-state index is 0.0276. The molecule has 0 aliphatic carbocycles. The maximum Gasteiger partial charge on any atom is 0.228 e. The van der Waals surface area contributed by atoms with Crippen LogP contribution >= 0.6 is 11.8 Å². The van der Waals surface area contributed by atoms with Gasteiger partial charge in [0.2, 0.25) is 5.91 Å². The van der Waals surface area contributed by atoms with Gasteiger partial charge in [-0.2, -0.15) is 11.8 Å². The average Bonchev–Trinajstić information content (AvgIpc) is 2.48. The van der Waals surface area contributed by atoms with Crippen molar-refractivity contribution < 1.29 is 9.53 Å². The second kappa shape index (κ2) is 7.71. The fraction of sp³-hybridized carbons (Fsp3) is 0.562. The molecule has 1 saturated heterocycles. The number of rotatable bonds is 5. The van der Waals surface area contributed by atoms with Gasteiger partial charge in [0.25, 0.3) is 0 Å². The van der Waals surface area contributed by atoms with E-state index in [2.05, 4.69) is 29.3 Å². The molecule has 0 bridgehead atoms. The van der Waals surface area contributed by atoms with Crippen molar-refractivity contribution in [3.05, 3.63) is 24.3 Å². The number of morpholine rings is 1. The minimum absolute atomic E-state index is 0.0276. The molecule has 1 aliphatic rings. The van der Waals surface area contributed by atoms with Crippen molar-refractivity contribution in [3.63, 3.8) is 0 Å². The zero-order valence-electron chi connectivity index (χ0n) is 13.0. The summed E-state index contributed by atoms with van der Waals surface area (Å²) in [5.41, 5.74) is 2.04. The van der Waals surface area contributed by atoms with Crippen LogP contribution < -0.4 is 10.2 Å². The van der Waals surface area contributed by atoms with E-state index in [1.165, 1.54) is 5.69 Å². The minimum Gasteiger partial charge on any atom is -0.375 e. The number of ether oxygens (including phenoxy) is 1. The molecule has 0 unspecified atom stereocenters. The predicted molar refractivity (Wildman–Crippen MR) is 90.2 cm³/mol. The molecule has 1 aliphatic heterocycles. The molecule has 4 nitrogen and oxygen atoms in total. The molecule has 2 atom stereocenters. The van der Waals surface area contributed by atoms with Crippen molar-refractivity contribution >= 4 is 29.0 Å². The van der Waals surface area contributed by atoms with Gasteiger partial charge in [0.15, 0.2) is 0 Å². The highest BCUT2D eigenvalue weighted by molar-refractivity contribution is 7.98. The lowest BCUT2D eigenvalue weighted by molar-refractivity contribution is -0.118. The molecule has 116 valence electrons. The van der Waals surface area contributed by atoms with Crippen LogP contribution in [0.15, 0.2) is 24.3 Å². The van der Waals surface area contributed by atoms with Crippen LogP contribution in [-0.4, -0.2) is 43.7 Å². The van der Waals surface area contributed by atoms with Gasteiger partial charge in [-0.25, -0.2) is 0 Å². The lowest BCUT2D eigenvalue weighted by Gasteiger charge is -2.33. The third-order valence-electron chi connectivity index (χ3n) is 3.61. The van der Waals surface area contributed by atoms with E-state index in [0.717, 1.165) is 31.1 Å². The van der Waals surface area contributed by atoms with E-state index in [1.54, 1.807) is 11.8 Å². The molecule has 1 fully saturated rings. The fourth-order valence-corrected chi connectivity index (χ4v) is 3.05. The highest BCUT2D eigenvalue weighted by Gasteiger charge is 2.17. The summed E-state index contributed by atoms with van der Waals surface area (Å²) in [5.74, 6) is 0.951. The Morgan fingerprint density at radius 1 is 1.48 bits per heavy atom. The summed E-state index contributed by atoms with van der Waals surface area (Å²) >= 11 is 1.69. The van der Waals surface area contributed by atoms with Crippen LogP contribution in [0.2, 0.25) is 0 Å². The molecular weight excluding hydrogens is 284 g/mol. The summed E-state index contributed by atoms with van der Waals surface area (Å²) in [5, 5.41) is 2.97. The third-order valence-corrected chi connectivity index (χ3v) is 4.44. The molecule has 0 radical (unpaired) electrons. The number of nitrogens with one attached hydrogen (secondary N) is 1. The molecule has 1 aromatic carbocycles. The van der Waals surface area contributed by atoms with E-state index >= 15 is 0 Å². The average molecular weight is 308 g/mol. The van der Waals surface area contributed by atoms with Gasteiger partial charge in [-0.1, -0.05) is 6.92 Å². The summed E-state index contributed by atoms with van der Waals surface area (Å²) in [6.45, 7) is 6.65. The van der Waals surface area contributed by atoms with Gasteiger partial charge in [-0.3, -0.25) is 4.79 Å². The Morgan fingerprint density at radius 3 is 2.81 bits per heavy atom. The van der Waals surface area contributed by atoms with Gasteiger partial charge in [0.1, 0.15) is 0 Å². The number of hydrogen-bond donors (Lipinski definition) is 1. The van der Waals surface area contributed by atoms with Gasteiger partial charge in [0.05, 0.1) is 12.7 Å². The molecule has 0 saturated carbocycles. The Labute approximate surface area is 131 Å². The first-order valence-corrected chi connectivity index (χ1v) is 8.76. The molecule has 0 spiro atoms. The molecule has 21 heavy (non-hydrogen) atoms. The standard InChI is InChI=1S/C16H24N2O2S/c1-12(11-21-3)16(19)17-14-4-6-15(7-5-14)18-8-9-20-13(2)10-18/h4-7,12-13H,8-11H2,1-3H3,(H,17,19)/t12-,13+/m1/s1. The zero-order chi connectivity index (χ0) is 15.2. The van der Waals surface area contributed by atoms with E-state index in [-0.39, 0.29) is 17.9 Å². The van der Waals surface area contributed by atoms with E-state index in [0.29, 0.717) is 0 Å². The monoisotopic (exact) mass is 308 g/mol. The van der Waals surface area contributed by atoms with Crippen molar-refractivity contribution in [1.82, 2.24) is 0 Å². The smallest absolute Gasteiger partial charge is 0.228 e. The highest BCUT2D eigenvalue weighted by Crippen LogP contribution is 2.21. The maximum atomic E-state index is 12.0. The first-order chi connectivity index (χ1) is 10.1. The van der Waals surface area contributed by atoms with Crippen molar-refractivity contribution in [2.24, 2.45) is 5.92 Å². The number of carbonyl (C=O) groups excluding carboxylic acids is 1. The maximum absolute atomic E-state index is 12.0. The lowest BCUT2D eigenvalue weighted by Crippen LogP contribution is -2.41. The summed E-state index contributed by atoms with van der Waals surface area (Å²) in [6, 6.07) is 8.07. The molecule has 1 amide bonds. The number of anilines is 2. The van der Waals surface area contributed by atoms with Crippen molar-refractivity contribution in [2.75, 3.05) is 41.9 Å². The van der Waals surface area contributed by atoms with Gasteiger partial charge < -0.3 is 15.0 Å². The Morgan fingerprint density at radius 2 is 2.19 bits per heavy atom. The van der Waals surface area contributed by atoms with Crippen molar-refractivity contribution in [3.8, 4) is 0 Å². The van der Waals surface area contributed by atoms with Gasteiger partial charge in [0, 0.05) is 36.1 Å². The van der Waals surface area contributed by atoms with Crippen molar-refractivity contribution in [1.29, 1.82) is 0 Å². The number of benzene rings is 1. The van der Waals surface area contributed by atoms with Gasteiger partial charge >= 0.3 is 0 Å². The summed E-state index contributed by atoms with van der Waals surface area (Å²) in [6.07, 6.45) is 2.28. The predicted octanol–water partition coefficient (Wildman–Crippen LogP) is 2.85. The van der Waals surface area contributed by atoms with Crippen LogP contribution in [0.4, 0.5) is 11.4 Å². The molecule has 0 aromatic heterocycles. The molecule has 5 heteroatoms. The second-order valence-corrected chi connectivity index (χ2v) is 6.43. The van der Waals surface area contributed by atoms with Crippen LogP contribution in [-0.2, 0) is 9.53 Å². The van der Waals surface area contributed by atoms with E-state index in [9.17, 15) is 4.79 Å². The van der Waals surface area contributed by atoms with E-state index in [1.807, 2.05) is 25.3 Å². The molecule has 1 N–H and O–H groups in total. The Balaban J connectivity index is 1.94. The SMILES string of the molecule is CSC[C@@H](C)C(=O)Nc1ccc(N2CCO[C@@H](C)C2)cc1. The largest absolute Gasteiger partial charge is 0.375 e. The van der Waals surface area contributed by atoms with Crippen LogP contribution in [0, 0.1) is 5.92 Å². The van der Waals surface area contributed by atoms with Gasteiger partial charge in [-0.05, 0) is 37.4 Å². The number of hydrogen-bond acceptors (Lipinski definition) is 4. The summed E-state index contributed by atoms with van der Waals surface area (Å²) in [7, 11) is 0. The molecular formula is C16H24N2O2S. The number of nitrogens with zero attached hydrogens (tertiary/aromatic N) is 1. The van der Waals surface area contributed by atoms with Crippen LogP contribution in [0.5, 0.6) is 0 Å². The second-order valence-electron chi connectivity index (χ2n) is 5.52. The highest BCUT2D eigenvalue weighted by atomic mass is 32.2. The van der Waals surface area contributed by atoms with Crippen LogP contribution in [0.25, 0.3) is 0 Å². The topological polar surface area (TPSA) is 41.6 Å². The summed E-state index contributed by atoms with van der Waals surface area (Å²) < 4.78 is 5.55. The number of thioether (sulfide) groups is 1. The Kier molecular flexibility index (Phi) is 5.94. The lowest BCUT2D eigenvalue weighted by atomic mass is 10.2. The Hall–Kier alpha value is -1.20. The van der Waals surface area contributed by atoms with Gasteiger partial charge in [-0.15, -0.1) is 0 Å². The van der Waals surface area contributed by atoms with E-state index in [4.69, 9.17) is 4.74 Å². The summed E-state index contributed by atoms with van der Waals surface area (Å²) in [4.78, 5) is 14.3. The molecule has 1 aromatic rings. The fourth-order valence-electron chi connectivity index (χ4n) is 2.40. The van der Waals surface area contributed by atoms with Crippen LogP contribution in [0.1, 0.15) is 13.8 Å². The van der Waals surface area contributed by atoms with Crippen LogP contribution in [0.3, 0.4) is 0 Å². The third kappa shape index (κ3) is 4.64. The molecule has 2 rings (SSSR count).